The van der Waals surface area contributed by atoms with Crippen LogP contribution in [-0.2, 0) is 10.2 Å². The fourth-order valence-electron chi connectivity index (χ4n) is 1.87. The second-order valence-corrected chi connectivity index (χ2v) is 5.57. The second-order valence-electron chi connectivity index (χ2n) is 5.57. The molecule has 0 aliphatic heterocycles. The molecule has 0 aliphatic rings. The molecule has 0 bridgehead atoms. The van der Waals surface area contributed by atoms with E-state index in [1.165, 1.54) is 11.1 Å². The predicted molar refractivity (Wildman–Crippen MR) is 72.3 cm³/mol. The van der Waals surface area contributed by atoms with Crippen LogP contribution in [-0.4, -0.2) is 19.5 Å². The Morgan fingerprint density at radius 3 is 2.35 bits per heavy atom. The zero-order chi connectivity index (χ0) is 13.2. The minimum Gasteiger partial charge on any atom is -0.368 e. The summed E-state index contributed by atoms with van der Waals surface area (Å²) < 4.78 is 0. The number of hydrogen-bond donors (Lipinski definition) is 1. The quantitative estimate of drug-likeness (QED) is 0.871. The van der Waals surface area contributed by atoms with Crippen LogP contribution in [0.5, 0.6) is 0 Å². The molecule has 2 N–H and O–H groups in total. The average Bonchev–Trinajstić information content (AvgIpc) is 2.14. The Morgan fingerprint density at radius 1 is 1.35 bits per heavy atom. The Balaban J connectivity index is 3.02. The monoisotopic (exact) mass is 234 g/mol. The maximum atomic E-state index is 10.9. The van der Waals surface area contributed by atoms with Crippen molar-refractivity contribution in [1.82, 2.24) is 0 Å². The van der Waals surface area contributed by atoms with Gasteiger partial charge in [0.25, 0.3) is 0 Å². The van der Waals surface area contributed by atoms with E-state index in [4.69, 9.17) is 5.73 Å². The van der Waals surface area contributed by atoms with Crippen molar-refractivity contribution in [1.29, 1.82) is 0 Å². The van der Waals surface area contributed by atoms with E-state index in [1.54, 1.807) is 0 Å². The highest BCUT2D eigenvalue weighted by Crippen LogP contribution is 2.27. The number of likely N-dealkylation sites (N-methyl/N-ethyl adjacent to an activating group) is 1. The number of nitrogens with two attached hydrogens (primary N) is 1. The van der Waals surface area contributed by atoms with Gasteiger partial charge in [0.1, 0.15) is 0 Å². The van der Waals surface area contributed by atoms with Gasteiger partial charge in [0, 0.05) is 12.7 Å². The standard InChI is InChI=1S/C14H22N2O/c1-10-8-11(14(2,3)4)6-7-12(10)16(5)9-13(15)17/h6-8H,9H2,1-5H3,(H2,15,17). The summed E-state index contributed by atoms with van der Waals surface area (Å²) in [5.74, 6) is -0.313. The maximum absolute atomic E-state index is 10.9. The van der Waals surface area contributed by atoms with Crippen LogP contribution >= 0.6 is 0 Å². The van der Waals surface area contributed by atoms with Gasteiger partial charge in [0.15, 0.2) is 0 Å². The summed E-state index contributed by atoms with van der Waals surface area (Å²) in [4.78, 5) is 12.8. The average molecular weight is 234 g/mol. The minimum atomic E-state index is -0.313. The van der Waals surface area contributed by atoms with E-state index in [-0.39, 0.29) is 17.9 Å². The van der Waals surface area contributed by atoms with Gasteiger partial charge in [-0.3, -0.25) is 4.79 Å². The third-order valence-corrected chi connectivity index (χ3v) is 2.87. The Hall–Kier alpha value is -1.51. The van der Waals surface area contributed by atoms with Gasteiger partial charge in [-0.15, -0.1) is 0 Å². The van der Waals surface area contributed by atoms with Gasteiger partial charge in [0.2, 0.25) is 5.91 Å². The molecule has 0 heterocycles. The molecule has 3 heteroatoms. The van der Waals surface area contributed by atoms with E-state index < -0.39 is 0 Å². The van der Waals surface area contributed by atoms with Crippen LogP contribution < -0.4 is 10.6 Å². The number of anilines is 1. The zero-order valence-corrected chi connectivity index (χ0v) is 11.4. The Morgan fingerprint density at radius 2 is 1.94 bits per heavy atom. The number of amides is 1. The van der Waals surface area contributed by atoms with Crippen molar-refractivity contribution in [2.75, 3.05) is 18.5 Å². The third kappa shape index (κ3) is 3.48. The van der Waals surface area contributed by atoms with E-state index in [9.17, 15) is 4.79 Å². The molecule has 0 saturated carbocycles. The van der Waals surface area contributed by atoms with Gasteiger partial charge in [-0.2, -0.15) is 0 Å². The highest BCUT2D eigenvalue weighted by molar-refractivity contribution is 5.79. The molecule has 1 aromatic rings. The van der Waals surface area contributed by atoms with E-state index >= 15 is 0 Å². The molecule has 0 radical (unpaired) electrons. The number of carbonyl (C=O) groups excluding carboxylic acids is 1. The highest BCUT2D eigenvalue weighted by atomic mass is 16.1. The molecule has 94 valence electrons. The molecular formula is C14H22N2O. The molecule has 17 heavy (non-hydrogen) atoms. The van der Waals surface area contributed by atoms with E-state index in [2.05, 4.69) is 45.9 Å². The summed E-state index contributed by atoms with van der Waals surface area (Å²) in [6.07, 6.45) is 0. The Bertz CT molecular complexity index is 419. The number of hydrogen-bond acceptors (Lipinski definition) is 2. The van der Waals surface area contributed by atoms with Crippen LogP contribution in [0.2, 0.25) is 0 Å². The van der Waals surface area contributed by atoms with Crippen LogP contribution in [0.3, 0.4) is 0 Å². The largest absolute Gasteiger partial charge is 0.368 e. The normalized spacial score (nSPS) is 11.4. The molecule has 0 unspecified atom stereocenters. The van der Waals surface area contributed by atoms with Crippen molar-refractivity contribution < 1.29 is 4.79 Å². The van der Waals surface area contributed by atoms with Gasteiger partial charge in [0.05, 0.1) is 6.54 Å². The SMILES string of the molecule is Cc1cc(C(C)(C)C)ccc1N(C)CC(N)=O. The summed E-state index contributed by atoms with van der Waals surface area (Å²) in [5.41, 5.74) is 8.86. The topological polar surface area (TPSA) is 46.3 Å². The lowest BCUT2D eigenvalue weighted by Gasteiger charge is -2.24. The maximum Gasteiger partial charge on any atom is 0.236 e. The first-order valence-corrected chi connectivity index (χ1v) is 5.82. The second kappa shape index (κ2) is 4.78. The molecule has 3 nitrogen and oxygen atoms in total. The summed E-state index contributed by atoms with van der Waals surface area (Å²) in [5, 5.41) is 0. The lowest BCUT2D eigenvalue weighted by molar-refractivity contribution is -0.116. The number of nitrogens with zero attached hydrogens (tertiary/aromatic N) is 1. The molecule has 0 fully saturated rings. The summed E-state index contributed by atoms with van der Waals surface area (Å²) >= 11 is 0. The molecule has 0 atom stereocenters. The van der Waals surface area contributed by atoms with E-state index in [0.29, 0.717) is 0 Å². The fourth-order valence-corrected chi connectivity index (χ4v) is 1.87. The lowest BCUT2D eigenvalue weighted by atomic mass is 9.86. The summed E-state index contributed by atoms with van der Waals surface area (Å²) in [6.45, 7) is 8.87. The first kappa shape index (κ1) is 13.6. The van der Waals surface area contributed by atoms with E-state index in [0.717, 1.165) is 5.69 Å². The van der Waals surface area contributed by atoms with Gasteiger partial charge in [-0.05, 0) is 29.5 Å². The number of primary amides is 1. The lowest BCUT2D eigenvalue weighted by Crippen LogP contribution is -2.31. The van der Waals surface area contributed by atoms with Crippen LogP contribution in [0.4, 0.5) is 5.69 Å². The minimum absolute atomic E-state index is 0.144. The molecule has 1 rings (SSSR count). The van der Waals surface area contributed by atoms with Crippen molar-refractivity contribution in [3.8, 4) is 0 Å². The number of aryl methyl sites for hydroxylation is 1. The molecule has 1 amide bonds. The third-order valence-electron chi connectivity index (χ3n) is 2.87. The molecular weight excluding hydrogens is 212 g/mol. The Labute approximate surface area is 104 Å². The van der Waals surface area contributed by atoms with Crippen LogP contribution in [0.1, 0.15) is 31.9 Å². The van der Waals surface area contributed by atoms with Crippen LogP contribution in [0.25, 0.3) is 0 Å². The van der Waals surface area contributed by atoms with Crippen molar-refractivity contribution >= 4 is 11.6 Å². The molecule has 0 aromatic heterocycles. The first-order chi connectivity index (χ1) is 7.71. The fraction of sp³-hybridized carbons (Fsp3) is 0.500. The van der Waals surface area contributed by atoms with Gasteiger partial charge in [-0.1, -0.05) is 32.9 Å². The molecule has 0 saturated heterocycles. The predicted octanol–water partition coefficient (Wildman–Crippen LogP) is 2.21. The van der Waals surface area contributed by atoms with Gasteiger partial charge in [-0.25, -0.2) is 0 Å². The zero-order valence-electron chi connectivity index (χ0n) is 11.4. The van der Waals surface area contributed by atoms with Crippen molar-refractivity contribution in [3.05, 3.63) is 29.3 Å². The summed E-state index contributed by atoms with van der Waals surface area (Å²) in [7, 11) is 1.88. The number of rotatable bonds is 3. The molecule has 0 aliphatic carbocycles. The highest BCUT2D eigenvalue weighted by Gasteiger charge is 2.15. The van der Waals surface area contributed by atoms with Crippen molar-refractivity contribution in [2.24, 2.45) is 5.73 Å². The van der Waals surface area contributed by atoms with Crippen molar-refractivity contribution in [2.45, 2.75) is 33.1 Å². The summed E-state index contributed by atoms with van der Waals surface area (Å²) in [6, 6.07) is 6.34. The van der Waals surface area contributed by atoms with E-state index in [1.807, 2.05) is 11.9 Å². The first-order valence-electron chi connectivity index (χ1n) is 5.82. The number of benzene rings is 1. The molecule has 1 aromatic carbocycles. The number of carbonyl (C=O) groups is 1. The van der Waals surface area contributed by atoms with Gasteiger partial charge < -0.3 is 10.6 Å². The molecule has 0 spiro atoms. The Kier molecular flexibility index (Phi) is 3.81. The van der Waals surface area contributed by atoms with Crippen LogP contribution in [0.15, 0.2) is 18.2 Å². The smallest absolute Gasteiger partial charge is 0.236 e. The van der Waals surface area contributed by atoms with Crippen LogP contribution in [0, 0.1) is 6.92 Å². The van der Waals surface area contributed by atoms with Gasteiger partial charge >= 0.3 is 0 Å². The van der Waals surface area contributed by atoms with Crippen molar-refractivity contribution in [3.63, 3.8) is 0 Å².